The minimum absolute atomic E-state index is 0.145. The molecule has 0 bridgehead atoms. The topological polar surface area (TPSA) is 73.9 Å². The highest BCUT2D eigenvalue weighted by Crippen LogP contribution is 2.41. The number of carbonyl (C=O) groups excluding carboxylic acids is 2. The average molecular weight is 443 g/mol. The number of ether oxygens (including phenoxy) is 3. The maximum atomic E-state index is 13.0. The van der Waals surface area contributed by atoms with E-state index in [1.54, 1.807) is 18.2 Å². The number of hydrogen-bond acceptors (Lipinski definition) is 5. The number of amides is 1. The molecule has 0 aromatic heterocycles. The molecule has 3 aromatic rings. The molecule has 6 heteroatoms. The fourth-order valence-electron chi connectivity index (χ4n) is 3.74. The van der Waals surface area contributed by atoms with Crippen LogP contribution in [0.5, 0.6) is 23.0 Å². The Bertz CT molecular complexity index is 1260. The van der Waals surface area contributed by atoms with Gasteiger partial charge in [-0.15, -0.1) is 0 Å². The lowest BCUT2D eigenvalue weighted by Gasteiger charge is -2.24. The first-order valence-corrected chi connectivity index (χ1v) is 10.6. The number of esters is 1. The van der Waals surface area contributed by atoms with Gasteiger partial charge in [0.25, 0.3) is 5.91 Å². The number of benzene rings is 3. The summed E-state index contributed by atoms with van der Waals surface area (Å²) in [7, 11) is 0. The van der Waals surface area contributed by atoms with Gasteiger partial charge in [-0.25, -0.2) is 0 Å². The van der Waals surface area contributed by atoms with Gasteiger partial charge in [-0.3, -0.25) is 9.59 Å². The van der Waals surface area contributed by atoms with Gasteiger partial charge in [-0.05, 0) is 62.2 Å². The van der Waals surface area contributed by atoms with Crippen LogP contribution in [-0.4, -0.2) is 18.5 Å². The zero-order chi connectivity index (χ0) is 23.5. The van der Waals surface area contributed by atoms with Crippen LogP contribution in [0.4, 0.5) is 5.69 Å². The highest BCUT2D eigenvalue weighted by molar-refractivity contribution is 6.08. The average Bonchev–Trinajstić information content (AvgIpc) is 2.81. The molecule has 0 fully saturated rings. The molecule has 3 aromatic carbocycles. The number of fused-ring (bicyclic) bond motifs is 1. The quantitative estimate of drug-likeness (QED) is 0.402. The van der Waals surface area contributed by atoms with Crippen molar-refractivity contribution in [2.75, 3.05) is 11.9 Å². The van der Waals surface area contributed by atoms with Crippen LogP contribution in [0.1, 0.15) is 29.2 Å². The second-order valence-corrected chi connectivity index (χ2v) is 7.90. The van der Waals surface area contributed by atoms with Gasteiger partial charge in [0, 0.05) is 29.8 Å². The van der Waals surface area contributed by atoms with E-state index in [2.05, 4.69) is 5.32 Å². The van der Waals surface area contributed by atoms with E-state index in [-0.39, 0.29) is 12.5 Å². The van der Waals surface area contributed by atoms with Crippen molar-refractivity contribution in [2.24, 2.45) is 0 Å². The molecule has 0 unspecified atom stereocenters. The minimum atomic E-state index is -0.392. The van der Waals surface area contributed by atoms with Crippen molar-refractivity contribution in [3.63, 3.8) is 0 Å². The SMILES string of the molecule is CC(=O)Oc1c(C)c(C)c2c(c1C)C=C(C(=O)Nc1cccc(Oc3ccccc3)c1)CO2. The number of anilines is 1. The van der Waals surface area contributed by atoms with Crippen LogP contribution in [0, 0.1) is 20.8 Å². The maximum Gasteiger partial charge on any atom is 0.308 e. The Labute approximate surface area is 192 Å². The molecule has 1 heterocycles. The van der Waals surface area contributed by atoms with Gasteiger partial charge in [0.05, 0.1) is 5.57 Å². The third-order valence-corrected chi connectivity index (χ3v) is 5.53. The molecule has 6 nitrogen and oxygen atoms in total. The van der Waals surface area contributed by atoms with Crippen LogP contribution < -0.4 is 19.5 Å². The molecule has 1 N–H and O–H groups in total. The summed E-state index contributed by atoms with van der Waals surface area (Å²) in [6, 6.07) is 16.6. The van der Waals surface area contributed by atoms with Gasteiger partial charge in [0.2, 0.25) is 0 Å². The normalized spacial score (nSPS) is 12.2. The van der Waals surface area contributed by atoms with Crippen molar-refractivity contribution in [2.45, 2.75) is 27.7 Å². The van der Waals surface area contributed by atoms with Gasteiger partial charge in [0.15, 0.2) is 0 Å². The minimum Gasteiger partial charge on any atom is -0.488 e. The van der Waals surface area contributed by atoms with Crippen molar-refractivity contribution in [1.82, 2.24) is 0 Å². The van der Waals surface area contributed by atoms with Gasteiger partial charge in [0.1, 0.15) is 29.6 Å². The summed E-state index contributed by atoms with van der Waals surface area (Å²) in [6.07, 6.45) is 1.80. The molecular weight excluding hydrogens is 418 g/mol. The van der Waals surface area contributed by atoms with E-state index >= 15 is 0 Å². The van der Waals surface area contributed by atoms with Gasteiger partial charge in [-0.2, -0.15) is 0 Å². The zero-order valence-electron chi connectivity index (χ0n) is 19.0. The molecule has 1 aliphatic heterocycles. The van der Waals surface area contributed by atoms with Crippen molar-refractivity contribution >= 4 is 23.6 Å². The molecule has 168 valence electrons. The molecule has 0 saturated heterocycles. The van der Waals surface area contributed by atoms with Crippen molar-refractivity contribution < 1.29 is 23.8 Å². The third-order valence-electron chi connectivity index (χ3n) is 5.53. The van der Waals surface area contributed by atoms with Crippen molar-refractivity contribution in [1.29, 1.82) is 0 Å². The van der Waals surface area contributed by atoms with Crippen LogP contribution in [0.15, 0.2) is 60.2 Å². The number of rotatable bonds is 5. The van der Waals surface area contributed by atoms with Crippen LogP contribution in [0.3, 0.4) is 0 Å². The Morgan fingerprint density at radius 2 is 1.64 bits per heavy atom. The number of hydrogen-bond donors (Lipinski definition) is 1. The molecule has 0 spiro atoms. The highest BCUT2D eigenvalue weighted by atomic mass is 16.5. The van der Waals surface area contributed by atoms with Crippen molar-refractivity contribution in [3.8, 4) is 23.0 Å². The summed E-state index contributed by atoms with van der Waals surface area (Å²) in [4.78, 5) is 24.6. The molecule has 33 heavy (non-hydrogen) atoms. The molecule has 0 saturated carbocycles. The monoisotopic (exact) mass is 443 g/mol. The maximum absolute atomic E-state index is 13.0. The summed E-state index contributed by atoms with van der Waals surface area (Å²) in [6.45, 7) is 7.17. The van der Waals surface area contributed by atoms with E-state index in [1.807, 2.05) is 63.2 Å². The summed E-state index contributed by atoms with van der Waals surface area (Å²) in [5.74, 6) is 1.87. The van der Waals surface area contributed by atoms with E-state index in [1.165, 1.54) is 6.92 Å². The standard InChI is InChI=1S/C27H25NO5/c1-16-17(2)26-24(18(3)25(16)32-19(4)29)13-20(15-31-26)27(30)28-21-9-8-12-23(14-21)33-22-10-6-5-7-11-22/h5-14H,15H2,1-4H3,(H,28,30). The summed E-state index contributed by atoms with van der Waals surface area (Å²) >= 11 is 0. The predicted octanol–water partition coefficient (Wildman–Crippen LogP) is 5.74. The number of nitrogens with one attached hydrogen (secondary N) is 1. The molecule has 1 amide bonds. The molecule has 1 aliphatic rings. The van der Waals surface area contributed by atoms with E-state index in [4.69, 9.17) is 14.2 Å². The number of para-hydroxylation sites is 1. The second-order valence-electron chi connectivity index (χ2n) is 7.90. The van der Waals surface area contributed by atoms with Crippen molar-refractivity contribution in [3.05, 3.63) is 82.4 Å². The van der Waals surface area contributed by atoms with Crippen LogP contribution >= 0.6 is 0 Å². The zero-order valence-corrected chi connectivity index (χ0v) is 19.0. The molecule has 0 radical (unpaired) electrons. The van der Waals surface area contributed by atoms with Gasteiger partial charge >= 0.3 is 5.97 Å². The summed E-state index contributed by atoms with van der Waals surface area (Å²) < 4.78 is 17.2. The number of carbonyl (C=O) groups is 2. The summed E-state index contributed by atoms with van der Waals surface area (Å²) in [5, 5.41) is 2.91. The second kappa shape index (κ2) is 9.20. The molecule has 0 aliphatic carbocycles. The van der Waals surface area contributed by atoms with Gasteiger partial charge < -0.3 is 19.5 Å². The first-order valence-electron chi connectivity index (χ1n) is 10.6. The molecule has 4 rings (SSSR count). The molecule has 0 atom stereocenters. The first-order chi connectivity index (χ1) is 15.8. The van der Waals surface area contributed by atoms with Gasteiger partial charge in [-0.1, -0.05) is 24.3 Å². The highest BCUT2D eigenvalue weighted by Gasteiger charge is 2.25. The fourth-order valence-corrected chi connectivity index (χ4v) is 3.74. The Morgan fingerprint density at radius 1 is 0.909 bits per heavy atom. The molecular formula is C27H25NO5. The largest absolute Gasteiger partial charge is 0.488 e. The Balaban J connectivity index is 1.58. The predicted molar refractivity (Wildman–Crippen MR) is 127 cm³/mol. The smallest absolute Gasteiger partial charge is 0.308 e. The lowest BCUT2D eigenvalue weighted by atomic mass is 9.94. The van der Waals surface area contributed by atoms with E-state index in [0.29, 0.717) is 34.3 Å². The fraction of sp³-hybridized carbons (Fsp3) is 0.185. The Kier molecular flexibility index (Phi) is 6.18. The van der Waals surface area contributed by atoms with E-state index in [9.17, 15) is 9.59 Å². The van der Waals surface area contributed by atoms with E-state index < -0.39 is 5.97 Å². The third kappa shape index (κ3) is 4.75. The van der Waals surface area contributed by atoms with Crippen LogP contribution in [0.2, 0.25) is 0 Å². The van der Waals surface area contributed by atoms with Crippen LogP contribution in [-0.2, 0) is 9.59 Å². The lowest BCUT2D eigenvalue weighted by molar-refractivity contribution is -0.132. The summed E-state index contributed by atoms with van der Waals surface area (Å²) in [5.41, 5.74) is 4.30. The Morgan fingerprint density at radius 3 is 2.36 bits per heavy atom. The first kappa shape index (κ1) is 22.1. The lowest BCUT2D eigenvalue weighted by Crippen LogP contribution is -2.22. The van der Waals surface area contributed by atoms with Crippen LogP contribution in [0.25, 0.3) is 6.08 Å². The van der Waals surface area contributed by atoms with E-state index in [0.717, 1.165) is 22.3 Å². The Hall–Kier alpha value is -4.06.